The van der Waals surface area contributed by atoms with Crippen LogP contribution in [-0.4, -0.2) is 24.4 Å². The van der Waals surface area contributed by atoms with Gasteiger partial charge in [0.15, 0.2) is 0 Å². The Morgan fingerprint density at radius 3 is 2.94 bits per heavy atom. The highest BCUT2D eigenvalue weighted by Gasteiger charge is 2.35. The van der Waals surface area contributed by atoms with Gasteiger partial charge in [0.2, 0.25) is 0 Å². The maximum Gasteiger partial charge on any atom is 0.119 e. The zero-order chi connectivity index (χ0) is 12.6. The fourth-order valence-electron chi connectivity index (χ4n) is 2.99. The molecule has 1 fully saturated rings. The number of hydrogen-bond acceptors (Lipinski definition) is 3. The summed E-state index contributed by atoms with van der Waals surface area (Å²) < 4.78 is 5.29. The molecule has 2 aliphatic carbocycles. The van der Waals surface area contributed by atoms with E-state index in [2.05, 4.69) is 17.4 Å². The van der Waals surface area contributed by atoms with Crippen LogP contribution in [0.4, 0.5) is 0 Å². The molecule has 3 nitrogen and oxygen atoms in total. The average molecular weight is 247 g/mol. The zero-order valence-electron chi connectivity index (χ0n) is 10.9. The van der Waals surface area contributed by atoms with Crippen LogP contribution in [0, 0.1) is 0 Å². The molecule has 1 atom stereocenters. The molecule has 0 aromatic heterocycles. The first kappa shape index (κ1) is 12.0. The summed E-state index contributed by atoms with van der Waals surface area (Å²) >= 11 is 0. The van der Waals surface area contributed by atoms with E-state index in [1.165, 1.54) is 11.1 Å². The van der Waals surface area contributed by atoms with Gasteiger partial charge in [-0.3, -0.25) is 0 Å². The number of methoxy groups -OCH3 is 1. The molecule has 0 aliphatic heterocycles. The molecule has 0 saturated heterocycles. The smallest absolute Gasteiger partial charge is 0.119 e. The van der Waals surface area contributed by atoms with Crippen LogP contribution in [-0.2, 0) is 6.42 Å². The van der Waals surface area contributed by atoms with E-state index >= 15 is 0 Å². The minimum Gasteiger partial charge on any atom is -0.497 e. The maximum atomic E-state index is 10.1. The molecule has 0 amide bonds. The molecule has 0 bridgehead atoms. The number of aliphatic hydroxyl groups is 1. The van der Waals surface area contributed by atoms with Crippen molar-refractivity contribution in [2.75, 3.05) is 13.7 Å². The van der Waals surface area contributed by atoms with Crippen LogP contribution in [0.1, 0.15) is 42.9 Å². The summed E-state index contributed by atoms with van der Waals surface area (Å²) in [7, 11) is 1.70. The third-order valence-electron chi connectivity index (χ3n) is 4.39. The van der Waals surface area contributed by atoms with Gasteiger partial charge in [-0.05, 0) is 55.4 Å². The lowest BCUT2D eigenvalue weighted by Crippen LogP contribution is -2.46. The van der Waals surface area contributed by atoms with Crippen molar-refractivity contribution < 1.29 is 9.84 Å². The van der Waals surface area contributed by atoms with E-state index in [0.29, 0.717) is 12.6 Å². The highest BCUT2D eigenvalue weighted by atomic mass is 16.5. The number of nitrogens with one attached hydrogen (secondary N) is 1. The van der Waals surface area contributed by atoms with Crippen LogP contribution in [0.2, 0.25) is 0 Å². The van der Waals surface area contributed by atoms with Crippen molar-refractivity contribution in [2.45, 2.75) is 43.7 Å². The molecule has 1 unspecified atom stereocenters. The Labute approximate surface area is 108 Å². The normalized spacial score (nSPS) is 24.4. The standard InChI is InChI=1S/C15H21NO2/c1-18-12-5-3-11-4-6-14(13(11)9-12)16-10-15(17)7-2-8-15/h3,5,9,14,16-17H,2,4,6-8,10H2,1H3. The van der Waals surface area contributed by atoms with Gasteiger partial charge in [-0.1, -0.05) is 6.07 Å². The van der Waals surface area contributed by atoms with Gasteiger partial charge in [-0.25, -0.2) is 0 Å². The predicted octanol–water partition coefficient (Wildman–Crippen LogP) is 2.19. The minimum atomic E-state index is -0.443. The highest BCUT2D eigenvalue weighted by Crippen LogP contribution is 2.36. The lowest BCUT2D eigenvalue weighted by atomic mass is 9.80. The monoisotopic (exact) mass is 247 g/mol. The van der Waals surface area contributed by atoms with Crippen molar-refractivity contribution in [1.29, 1.82) is 0 Å². The summed E-state index contributed by atoms with van der Waals surface area (Å²) in [6.07, 6.45) is 5.29. The van der Waals surface area contributed by atoms with Gasteiger partial charge in [0.25, 0.3) is 0 Å². The van der Waals surface area contributed by atoms with E-state index in [4.69, 9.17) is 4.74 Å². The molecule has 0 radical (unpaired) electrons. The first-order valence-corrected chi connectivity index (χ1v) is 6.83. The number of aryl methyl sites for hydroxylation is 1. The molecular formula is C15H21NO2. The quantitative estimate of drug-likeness (QED) is 0.857. The van der Waals surface area contributed by atoms with Gasteiger partial charge in [-0.2, -0.15) is 0 Å². The van der Waals surface area contributed by atoms with Crippen molar-refractivity contribution in [3.8, 4) is 5.75 Å². The molecule has 18 heavy (non-hydrogen) atoms. The molecule has 2 N–H and O–H groups in total. The zero-order valence-corrected chi connectivity index (χ0v) is 10.9. The number of ether oxygens (including phenoxy) is 1. The van der Waals surface area contributed by atoms with Crippen molar-refractivity contribution in [3.63, 3.8) is 0 Å². The van der Waals surface area contributed by atoms with Crippen LogP contribution >= 0.6 is 0 Å². The third-order valence-corrected chi connectivity index (χ3v) is 4.39. The first-order valence-electron chi connectivity index (χ1n) is 6.83. The number of hydrogen-bond donors (Lipinski definition) is 2. The number of benzene rings is 1. The predicted molar refractivity (Wildman–Crippen MR) is 70.9 cm³/mol. The molecule has 0 heterocycles. The summed E-state index contributed by atoms with van der Waals surface area (Å²) in [6, 6.07) is 6.69. The Morgan fingerprint density at radius 1 is 1.44 bits per heavy atom. The van der Waals surface area contributed by atoms with Gasteiger partial charge in [0.05, 0.1) is 12.7 Å². The highest BCUT2D eigenvalue weighted by molar-refractivity contribution is 5.40. The second-order valence-corrected chi connectivity index (χ2v) is 5.61. The van der Waals surface area contributed by atoms with Crippen LogP contribution in [0.15, 0.2) is 18.2 Å². The van der Waals surface area contributed by atoms with E-state index in [0.717, 1.165) is 37.9 Å². The Kier molecular flexibility index (Phi) is 3.04. The summed E-state index contributed by atoms with van der Waals surface area (Å²) in [5.41, 5.74) is 2.31. The molecule has 3 heteroatoms. The molecule has 0 spiro atoms. The fraction of sp³-hybridized carbons (Fsp3) is 0.600. The third kappa shape index (κ3) is 2.13. The van der Waals surface area contributed by atoms with Crippen molar-refractivity contribution in [3.05, 3.63) is 29.3 Å². The molecule has 1 aromatic carbocycles. The lowest BCUT2D eigenvalue weighted by molar-refractivity contribution is -0.0332. The van der Waals surface area contributed by atoms with E-state index in [1.807, 2.05) is 6.07 Å². The number of rotatable bonds is 4. The van der Waals surface area contributed by atoms with Crippen LogP contribution < -0.4 is 10.1 Å². The molecule has 98 valence electrons. The Bertz CT molecular complexity index is 440. The number of fused-ring (bicyclic) bond motifs is 1. The van der Waals surface area contributed by atoms with E-state index in [9.17, 15) is 5.11 Å². The SMILES string of the molecule is COc1ccc2c(c1)C(NCC1(O)CCC1)CC2. The molecular weight excluding hydrogens is 226 g/mol. The molecule has 1 aromatic rings. The van der Waals surface area contributed by atoms with Crippen LogP contribution in [0.25, 0.3) is 0 Å². The average Bonchev–Trinajstić information content (AvgIpc) is 2.76. The van der Waals surface area contributed by atoms with Gasteiger partial charge in [0, 0.05) is 12.6 Å². The summed E-state index contributed by atoms with van der Waals surface area (Å²) in [6.45, 7) is 0.717. The van der Waals surface area contributed by atoms with E-state index in [-0.39, 0.29) is 0 Å². The second kappa shape index (κ2) is 4.56. The van der Waals surface area contributed by atoms with Crippen molar-refractivity contribution >= 4 is 0 Å². The fourth-order valence-corrected chi connectivity index (χ4v) is 2.99. The first-order chi connectivity index (χ1) is 8.70. The van der Waals surface area contributed by atoms with Crippen LogP contribution in [0.3, 0.4) is 0 Å². The van der Waals surface area contributed by atoms with Gasteiger partial charge >= 0.3 is 0 Å². The Balaban J connectivity index is 1.69. The molecule has 1 saturated carbocycles. The van der Waals surface area contributed by atoms with E-state index in [1.54, 1.807) is 7.11 Å². The Morgan fingerprint density at radius 2 is 2.28 bits per heavy atom. The second-order valence-electron chi connectivity index (χ2n) is 5.61. The summed E-state index contributed by atoms with van der Waals surface area (Å²) in [4.78, 5) is 0. The Hall–Kier alpha value is -1.06. The van der Waals surface area contributed by atoms with Gasteiger partial charge < -0.3 is 15.2 Å². The topological polar surface area (TPSA) is 41.5 Å². The molecule has 2 aliphatic rings. The minimum absolute atomic E-state index is 0.375. The van der Waals surface area contributed by atoms with Crippen molar-refractivity contribution in [2.24, 2.45) is 0 Å². The van der Waals surface area contributed by atoms with E-state index < -0.39 is 5.60 Å². The van der Waals surface area contributed by atoms with Gasteiger partial charge in [0.1, 0.15) is 5.75 Å². The maximum absolute atomic E-state index is 10.1. The molecule has 3 rings (SSSR count). The van der Waals surface area contributed by atoms with Crippen LogP contribution in [0.5, 0.6) is 5.75 Å². The van der Waals surface area contributed by atoms with Crippen molar-refractivity contribution in [1.82, 2.24) is 5.32 Å². The lowest BCUT2D eigenvalue weighted by Gasteiger charge is -2.37. The summed E-state index contributed by atoms with van der Waals surface area (Å²) in [5.74, 6) is 0.921. The summed E-state index contributed by atoms with van der Waals surface area (Å²) in [5, 5.41) is 13.7. The van der Waals surface area contributed by atoms with Gasteiger partial charge in [-0.15, -0.1) is 0 Å². The largest absolute Gasteiger partial charge is 0.497 e.